The average molecular weight is 283 g/mol. The van der Waals surface area contributed by atoms with Gasteiger partial charge in [-0.3, -0.25) is 4.90 Å². The van der Waals surface area contributed by atoms with Gasteiger partial charge in [0.15, 0.2) is 0 Å². The van der Waals surface area contributed by atoms with E-state index < -0.39 is 0 Å². The van der Waals surface area contributed by atoms with Gasteiger partial charge >= 0.3 is 0 Å². The van der Waals surface area contributed by atoms with E-state index in [1.54, 1.807) is 12.1 Å². The lowest BCUT2D eigenvalue weighted by molar-refractivity contribution is 0.164. The van der Waals surface area contributed by atoms with Crippen LogP contribution in [0.3, 0.4) is 0 Å². The number of aryl methyl sites for hydroxylation is 1. The van der Waals surface area contributed by atoms with Crippen molar-refractivity contribution in [2.75, 3.05) is 0 Å². The van der Waals surface area contributed by atoms with Crippen molar-refractivity contribution in [3.63, 3.8) is 0 Å². The number of benzene rings is 1. The molecule has 0 N–H and O–H groups in total. The molecular weight excluding hydrogens is 265 g/mol. The van der Waals surface area contributed by atoms with Gasteiger partial charge in [0.1, 0.15) is 11.6 Å². The SMILES string of the molecule is Cc1ncc2c(n1)C[C@H]1CC[C@H]2N1Cc1ccccc1F. The fourth-order valence-electron chi connectivity index (χ4n) is 3.74. The third kappa shape index (κ3) is 2.14. The zero-order chi connectivity index (χ0) is 14.4. The van der Waals surface area contributed by atoms with Gasteiger partial charge in [0.05, 0.1) is 5.69 Å². The van der Waals surface area contributed by atoms with Crippen molar-refractivity contribution in [3.8, 4) is 0 Å². The number of fused-ring (bicyclic) bond motifs is 4. The Kier molecular flexibility index (Phi) is 3.00. The molecule has 0 unspecified atom stereocenters. The highest BCUT2D eigenvalue weighted by molar-refractivity contribution is 5.29. The van der Waals surface area contributed by atoms with Crippen molar-refractivity contribution >= 4 is 0 Å². The van der Waals surface area contributed by atoms with Crippen LogP contribution in [0.15, 0.2) is 30.5 Å². The highest BCUT2D eigenvalue weighted by atomic mass is 19.1. The second-order valence-electron chi connectivity index (χ2n) is 6.03. The fraction of sp³-hybridized carbons (Fsp3) is 0.412. The summed E-state index contributed by atoms with van der Waals surface area (Å²) < 4.78 is 13.9. The summed E-state index contributed by atoms with van der Waals surface area (Å²) in [5.74, 6) is 0.735. The van der Waals surface area contributed by atoms with Gasteiger partial charge in [-0.2, -0.15) is 0 Å². The molecule has 108 valence electrons. The Morgan fingerprint density at radius 3 is 3.00 bits per heavy atom. The second kappa shape index (κ2) is 4.88. The first-order chi connectivity index (χ1) is 10.2. The van der Waals surface area contributed by atoms with Gasteiger partial charge in [0, 0.05) is 42.4 Å². The largest absolute Gasteiger partial charge is 0.289 e. The Morgan fingerprint density at radius 2 is 2.14 bits per heavy atom. The predicted molar refractivity (Wildman–Crippen MR) is 78.2 cm³/mol. The Hall–Kier alpha value is -1.81. The van der Waals surface area contributed by atoms with Gasteiger partial charge in [-0.05, 0) is 25.8 Å². The first-order valence-electron chi connectivity index (χ1n) is 7.54. The maximum absolute atomic E-state index is 13.9. The quantitative estimate of drug-likeness (QED) is 0.847. The lowest BCUT2D eigenvalue weighted by Crippen LogP contribution is -2.37. The molecule has 2 aromatic rings. The maximum atomic E-state index is 13.9. The minimum Gasteiger partial charge on any atom is -0.289 e. The fourth-order valence-corrected chi connectivity index (χ4v) is 3.74. The van der Waals surface area contributed by atoms with E-state index in [0.29, 0.717) is 18.6 Å². The third-order valence-corrected chi connectivity index (χ3v) is 4.76. The molecule has 0 amide bonds. The van der Waals surface area contributed by atoms with Crippen LogP contribution in [0, 0.1) is 12.7 Å². The number of halogens is 1. The molecule has 4 rings (SSSR count). The lowest BCUT2D eigenvalue weighted by atomic mass is 9.98. The van der Waals surface area contributed by atoms with E-state index in [9.17, 15) is 4.39 Å². The monoisotopic (exact) mass is 283 g/mol. The predicted octanol–water partition coefficient (Wildman–Crippen LogP) is 3.19. The van der Waals surface area contributed by atoms with Gasteiger partial charge in [0.25, 0.3) is 0 Å². The summed E-state index contributed by atoms with van der Waals surface area (Å²) in [4.78, 5) is 11.4. The molecule has 2 atom stereocenters. The molecule has 1 aromatic carbocycles. The molecule has 3 nitrogen and oxygen atoms in total. The molecule has 0 saturated carbocycles. The van der Waals surface area contributed by atoms with Crippen LogP contribution in [0.2, 0.25) is 0 Å². The first kappa shape index (κ1) is 12.9. The molecule has 4 heteroatoms. The van der Waals surface area contributed by atoms with Crippen LogP contribution in [0.25, 0.3) is 0 Å². The molecule has 2 bridgehead atoms. The van der Waals surface area contributed by atoms with E-state index in [4.69, 9.17) is 0 Å². The van der Waals surface area contributed by atoms with E-state index in [0.717, 1.165) is 30.7 Å². The highest BCUT2D eigenvalue weighted by Gasteiger charge is 2.40. The minimum atomic E-state index is -0.108. The Bertz CT molecular complexity index is 685. The van der Waals surface area contributed by atoms with Crippen LogP contribution in [0.5, 0.6) is 0 Å². The van der Waals surface area contributed by atoms with Gasteiger partial charge in [-0.25, -0.2) is 14.4 Å². The third-order valence-electron chi connectivity index (χ3n) is 4.76. The van der Waals surface area contributed by atoms with Crippen LogP contribution in [0.4, 0.5) is 4.39 Å². The Labute approximate surface area is 123 Å². The van der Waals surface area contributed by atoms with Crippen LogP contribution in [-0.4, -0.2) is 20.9 Å². The highest BCUT2D eigenvalue weighted by Crippen LogP contribution is 2.43. The topological polar surface area (TPSA) is 29.0 Å². The van der Waals surface area contributed by atoms with E-state index in [-0.39, 0.29) is 5.82 Å². The molecule has 1 saturated heterocycles. The van der Waals surface area contributed by atoms with E-state index in [1.165, 1.54) is 11.3 Å². The van der Waals surface area contributed by atoms with E-state index in [1.807, 2.05) is 25.3 Å². The zero-order valence-electron chi connectivity index (χ0n) is 12.1. The summed E-state index contributed by atoms with van der Waals surface area (Å²) in [6.45, 7) is 2.61. The van der Waals surface area contributed by atoms with Gasteiger partial charge in [0.2, 0.25) is 0 Å². The second-order valence-corrected chi connectivity index (χ2v) is 6.03. The summed E-state index contributed by atoms with van der Waals surface area (Å²) in [7, 11) is 0. The maximum Gasteiger partial charge on any atom is 0.127 e. The Morgan fingerprint density at radius 1 is 1.29 bits per heavy atom. The van der Waals surface area contributed by atoms with Crippen LogP contribution in [-0.2, 0) is 13.0 Å². The van der Waals surface area contributed by atoms with Gasteiger partial charge in [-0.15, -0.1) is 0 Å². The summed E-state index contributed by atoms with van der Waals surface area (Å²) >= 11 is 0. The number of aromatic nitrogens is 2. The molecule has 0 aliphatic carbocycles. The van der Waals surface area contributed by atoms with Crippen LogP contribution < -0.4 is 0 Å². The average Bonchev–Trinajstić information content (AvgIpc) is 2.75. The summed E-state index contributed by atoms with van der Waals surface area (Å²) in [5, 5.41) is 0. The molecule has 0 radical (unpaired) electrons. The molecule has 2 aliphatic heterocycles. The minimum absolute atomic E-state index is 0.108. The van der Waals surface area contributed by atoms with Crippen molar-refractivity contribution in [2.45, 2.75) is 44.8 Å². The standard InChI is InChI=1S/C17H18FN3/c1-11-19-9-14-16(20-11)8-13-6-7-17(14)21(13)10-12-4-2-3-5-15(12)18/h2-5,9,13,17H,6-8,10H2,1H3/t13-,17-/m1/s1. The van der Waals surface area contributed by atoms with Crippen molar-refractivity contribution in [2.24, 2.45) is 0 Å². The Balaban J connectivity index is 1.67. The normalized spacial score (nSPS) is 24.1. The molecule has 21 heavy (non-hydrogen) atoms. The van der Waals surface area contributed by atoms with Crippen molar-refractivity contribution < 1.29 is 4.39 Å². The van der Waals surface area contributed by atoms with Gasteiger partial charge < -0.3 is 0 Å². The van der Waals surface area contributed by atoms with Crippen molar-refractivity contribution in [3.05, 3.63) is 58.9 Å². The van der Waals surface area contributed by atoms with Crippen LogP contribution in [0.1, 0.15) is 41.5 Å². The van der Waals surface area contributed by atoms with Crippen molar-refractivity contribution in [1.29, 1.82) is 0 Å². The smallest absolute Gasteiger partial charge is 0.127 e. The lowest BCUT2D eigenvalue weighted by Gasteiger charge is -2.35. The molecule has 1 fully saturated rings. The molecule has 0 spiro atoms. The molecular formula is C17H18FN3. The number of hydrogen-bond acceptors (Lipinski definition) is 3. The summed E-state index contributed by atoms with van der Waals surface area (Å²) in [6, 6.07) is 7.91. The summed E-state index contributed by atoms with van der Waals surface area (Å²) in [6.07, 6.45) is 5.22. The molecule has 3 heterocycles. The number of rotatable bonds is 2. The van der Waals surface area contributed by atoms with E-state index >= 15 is 0 Å². The first-order valence-corrected chi connectivity index (χ1v) is 7.54. The number of nitrogens with zero attached hydrogens (tertiary/aromatic N) is 3. The van der Waals surface area contributed by atoms with E-state index in [2.05, 4.69) is 14.9 Å². The van der Waals surface area contributed by atoms with Gasteiger partial charge in [-0.1, -0.05) is 18.2 Å². The molecule has 1 aromatic heterocycles. The summed E-state index contributed by atoms with van der Waals surface area (Å²) in [5.41, 5.74) is 3.22. The number of hydrogen-bond donors (Lipinski definition) is 0. The molecule has 2 aliphatic rings. The van der Waals surface area contributed by atoms with Crippen molar-refractivity contribution in [1.82, 2.24) is 14.9 Å². The van der Waals surface area contributed by atoms with Crippen LogP contribution >= 0.6 is 0 Å². The zero-order valence-corrected chi connectivity index (χ0v) is 12.1.